The molecule has 0 saturated carbocycles. The van der Waals surface area contributed by atoms with E-state index in [0.29, 0.717) is 0 Å². The number of hydrogen-bond acceptors (Lipinski definition) is 3. The molecule has 1 atom stereocenters. The lowest BCUT2D eigenvalue weighted by atomic mass is 10.2. The van der Waals surface area contributed by atoms with E-state index in [1.165, 1.54) is 5.56 Å². The maximum Gasteiger partial charge on any atom is 0.100 e. The van der Waals surface area contributed by atoms with E-state index in [0.717, 1.165) is 18.7 Å². The van der Waals surface area contributed by atoms with E-state index in [1.807, 2.05) is 29.9 Å². The number of aromatic nitrogens is 4. The summed E-state index contributed by atoms with van der Waals surface area (Å²) in [5.41, 5.74) is 2.06. The fraction of sp³-hybridized carbons (Fsp3) is 0.364. The zero-order valence-electron chi connectivity index (χ0n) is 9.05. The molecule has 0 spiro atoms. The van der Waals surface area contributed by atoms with Crippen LogP contribution in [-0.2, 0) is 13.0 Å². The molecule has 5 heteroatoms. The first-order valence-electron chi connectivity index (χ1n) is 5.18. The molecule has 0 aliphatic rings. The van der Waals surface area contributed by atoms with E-state index in [9.17, 15) is 0 Å². The van der Waals surface area contributed by atoms with E-state index in [4.69, 9.17) is 11.6 Å². The number of alkyl halides is 1. The first-order valence-corrected chi connectivity index (χ1v) is 5.62. The lowest BCUT2D eigenvalue weighted by molar-refractivity contribution is 0.589. The van der Waals surface area contributed by atoms with E-state index in [-0.39, 0.29) is 5.38 Å². The van der Waals surface area contributed by atoms with Gasteiger partial charge in [0.15, 0.2) is 0 Å². The third kappa shape index (κ3) is 2.79. The fourth-order valence-electron chi connectivity index (χ4n) is 1.40. The van der Waals surface area contributed by atoms with E-state index < -0.39 is 0 Å². The molecule has 2 aromatic heterocycles. The minimum Gasteiger partial charge on any atom is -0.265 e. The van der Waals surface area contributed by atoms with Gasteiger partial charge >= 0.3 is 0 Å². The van der Waals surface area contributed by atoms with Crippen molar-refractivity contribution in [3.8, 4) is 0 Å². The minimum atomic E-state index is -0.0883. The number of nitrogens with zero attached hydrogens (tertiary/aromatic N) is 4. The topological polar surface area (TPSA) is 43.6 Å². The maximum atomic E-state index is 5.91. The van der Waals surface area contributed by atoms with Gasteiger partial charge in [-0.1, -0.05) is 5.21 Å². The van der Waals surface area contributed by atoms with Crippen molar-refractivity contribution in [2.45, 2.75) is 25.3 Å². The highest BCUT2D eigenvalue weighted by molar-refractivity contribution is 6.20. The van der Waals surface area contributed by atoms with Gasteiger partial charge in [-0.2, -0.15) is 0 Å². The molecular weight excluding hydrogens is 224 g/mol. The van der Waals surface area contributed by atoms with E-state index in [1.54, 1.807) is 12.4 Å². The number of aryl methyl sites for hydroxylation is 2. The summed E-state index contributed by atoms with van der Waals surface area (Å²) in [5, 5.41) is 7.93. The maximum absolute atomic E-state index is 5.91. The number of hydrogen-bond donors (Lipinski definition) is 0. The predicted octanol–water partition coefficient (Wildman–Crippen LogP) is 2.22. The van der Waals surface area contributed by atoms with Crippen LogP contribution in [0.3, 0.4) is 0 Å². The van der Waals surface area contributed by atoms with Crippen molar-refractivity contribution < 1.29 is 0 Å². The highest BCUT2D eigenvalue weighted by Crippen LogP contribution is 2.15. The van der Waals surface area contributed by atoms with Gasteiger partial charge in [-0.25, -0.2) is 0 Å². The molecule has 84 valence electrons. The summed E-state index contributed by atoms with van der Waals surface area (Å²) in [6.45, 7) is 2.69. The van der Waals surface area contributed by atoms with Gasteiger partial charge in [0.2, 0.25) is 0 Å². The summed E-state index contributed by atoms with van der Waals surface area (Å²) in [4.78, 5) is 3.98. The van der Waals surface area contributed by atoms with E-state index >= 15 is 0 Å². The van der Waals surface area contributed by atoms with Crippen molar-refractivity contribution >= 4 is 11.6 Å². The Hall–Kier alpha value is -1.42. The van der Waals surface area contributed by atoms with E-state index in [2.05, 4.69) is 15.3 Å². The normalized spacial score (nSPS) is 12.6. The van der Waals surface area contributed by atoms with Crippen LogP contribution in [0.2, 0.25) is 0 Å². The highest BCUT2D eigenvalue weighted by atomic mass is 35.5. The van der Waals surface area contributed by atoms with Gasteiger partial charge in [0.25, 0.3) is 0 Å². The molecule has 0 aromatic carbocycles. The monoisotopic (exact) mass is 236 g/mol. The molecule has 0 aliphatic carbocycles. The van der Waals surface area contributed by atoms with Crippen LogP contribution in [0.15, 0.2) is 30.7 Å². The minimum absolute atomic E-state index is 0.0883. The van der Waals surface area contributed by atoms with Crippen LogP contribution in [-0.4, -0.2) is 20.0 Å². The molecule has 2 aromatic rings. The molecule has 0 amide bonds. The molecule has 0 saturated heterocycles. The van der Waals surface area contributed by atoms with Crippen LogP contribution < -0.4 is 0 Å². The highest BCUT2D eigenvalue weighted by Gasteiger charge is 2.06. The third-order valence-electron chi connectivity index (χ3n) is 2.34. The quantitative estimate of drug-likeness (QED) is 0.765. The smallest absolute Gasteiger partial charge is 0.100 e. The van der Waals surface area contributed by atoms with Gasteiger partial charge in [-0.05, 0) is 31.0 Å². The third-order valence-corrected chi connectivity index (χ3v) is 2.57. The summed E-state index contributed by atoms with van der Waals surface area (Å²) in [6, 6.07) is 4.00. The number of pyridine rings is 1. The summed E-state index contributed by atoms with van der Waals surface area (Å²) >= 11 is 5.91. The summed E-state index contributed by atoms with van der Waals surface area (Å²) in [6.07, 6.45) is 6.40. The molecule has 0 radical (unpaired) electrons. The Morgan fingerprint density at radius 2 is 2.12 bits per heavy atom. The second kappa shape index (κ2) is 5.07. The molecular formula is C11H13ClN4. The van der Waals surface area contributed by atoms with Crippen LogP contribution in [0, 0.1) is 0 Å². The lowest BCUT2D eigenvalue weighted by Crippen LogP contribution is -2.02. The van der Waals surface area contributed by atoms with Crippen molar-refractivity contribution in [1.82, 2.24) is 20.0 Å². The Kier molecular flexibility index (Phi) is 3.51. The number of halogens is 1. The molecule has 0 bridgehead atoms. The van der Waals surface area contributed by atoms with Crippen molar-refractivity contribution in [2.24, 2.45) is 0 Å². The average Bonchev–Trinajstić information content (AvgIpc) is 2.76. The second-order valence-electron chi connectivity index (χ2n) is 3.63. The van der Waals surface area contributed by atoms with Crippen LogP contribution in [0.1, 0.15) is 23.6 Å². The summed E-state index contributed by atoms with van der Waals surface area (Å²) < 4.78 is 1.81. The SMILES string of the molecule is CC(Cl)c1cn(CCc2ccncc2)nn1. The molecule has 4 nitrogen and oxygen atoms in total. The van der Waals surface area contributed by atoms with Gasteiger partial charge < -0.3 is 0 Å². The van der Waals surface area contributed by atoms with Crippen molar-refractivity contribution in [3.63, 3.8) is 0 Å². The van der Waals surface area contributed by atoms with Crippen LogP contribution >= 0.6 is 11.6 Å². The molecule has 0 fully saturated rings. The van der Waals surface area contributed by atoms with Gasteiger partial charge in [0.05, 0.1) is 5.38 Å². The Labute approximate surface area is 99.3 Å². The first-order chi connectivity index (χ1) is 7.75. The lowest BCUT2D eigenvalue weighted by Gasteiger charge is -2.00. The molecule has 1 unspecified atom stereocenters. The molecule has 0 N–H and O–H groups in total. The van der Waals surface area contributed by atoms with Gasteiger partial charge in [0, 0.05) is 25.1 Å². The zero-order chi connectivity index (χ0) is 11.4. The van der Waals surface area contributed by atoms with Crippen molar-refractivity contribution in [2.75, 3.05) is 0 Å². The average molecular weight is 237 g/mol. The van der Waals surface area contributed by atoms with Crippen molar-refractivity contribution in [3.05, 3.63) is 42.0 Å². The Balaban J connectivity index is 1.95. The van der Waals surface area contributed by atoms with Gasteiger partial charge in [-0.3, -0.25) is 9.67 Å². The van der Waals surface area contributed by atoms with Gasteiger partial charge in [0.1, 0.15) is 5.69 Å². The Morgan fingerprint density at radius 1 is 1.38 bits per heavy atom. The molecule has 2 heterocycles. The summed E-state index contributed by atoms with van der Waals surface area (Å²) in [5.74, 6) is 0. The standard InChI is InChI=1S/C11H13ClN4/c1-9(12)11-8-16(15-14-11)7-4-10-2-5-13-6-3-10/h2-3,5-6,8-9H,4,7H2,1H3. The summed E-state index contributed by atoms with van der Waals surface area (Å²) in [7, 11) is 0. The first kappa shape index (κ1) is 11.1. The number of rotatable bonds is 4. The zero-order valence-corrected chi connectivity index (χ0v) is 9.80. The Morgan fingerprint density at radius 3 is 2.75 bits per heavy atom. The van der Waals surface area contributed by atoms with Crippen LogP contribution in [0.5, 0.6) is 0 Å². The van der Waals surface area contributed by atoms with Crippen LogP contribution in [0.4, 0.5) is 0 Å². The largest absolute Gasteiger partial charge is 0.265 e. The Bertz CT molecular complexity index is 438. The predicted molar refractivity (Wildman–Crippen MR) is 62.2 cm³/mol. The van der Waals surface area contributed by atoms with Crippen molar-refractivity contribution in [1.29, 1.82) is 0 Å². The fourth-order valence-corrected chi connectivity index (χ4v) is 1.50. The molecule has 0 aliphatic heterocycles. The van der Waals surface area contributed by atoms with Gasteiger partial charge in [-0.15, -0.1) is 16.7 Å². The second-order valence-corrected chi connectivity index (χ2v) is 4.28. The molecule has 16 heavy (non-hydrogen) atoms. The van der Waals surface area contributed by atoms with Crippen LogP contribution in [0.25, 0.3) is 0 Å². The molecule has 2 rings (SSSR count).